The molecule has 1 aliphatic rings. The molecule has 0 radical (unpaired) electrons. The lowest BCUT2D eigenvalue weighted by Gasteiger charge is -2.19. The van der Waals surface area contributed by atoms with E-state index in [0.717, 1.165) is 28.8 Å². The van der Waals surface area contributed by atoms with E-state index < -0.39 is 11.8 Å². The first-order chi connectivity index (χ1) is 29.1. The van der Waals surface area contributed by atoms with Crippen LogP contribution in [-0.2, 0) is 27.1 Å². The zero-order chi connectivity index (χ0) is 42.7. The van der Waals surface area contributed by atoms with Crippen LogP contribution in [0.15, 0.2) is 106 Å². The Labute approximate surface area is 349 Å². The summed E-state index contributed by atoms with van der Waals surface area (Å²) < 4.78 is 11.2. The SMILES string of the molecule is CCCN1C(=NC(=O)c2cccc(C(N)=O)c2)Cc2ccc(/C=C/C(=O)NCCCOCCOCCCNC(=O)c3ccc(N=Nc4cc(CCN)ccc4O)cc3)cc21. The number of fused-ring (bicyclic) bond motifs is 1. The molecular weight excluding hydrogens is 765 g/mol. The van der Waals surface area contributed by atoms with Gasteiger partial charge < -0.3 is 41.6 Å². The van der Waals surface area contributed by atoms with E-state index in [9.17, 15) is 24.3 Å². The van der Waals surface area contributed by atoms with E-state index in [1.807, 2.05) is 30.0 Å². The van der Waals surface area contributed by atoms with Crippen molar-refractivity contribution in [2.45, 2.75) is 39.0 Å². The molecule has 0 bridgehead atoms. The molecule has 1 aliphatic heterocycles. The third kappa shape index (κ3) is 13.5. The summed E-state index contributed by atoms with van der Waals surface area (Å²) in [7, 11) is 0. The van der Waals surface area contributed by atoms with E-state index in [1.165, 1.54) is 12.1 Å². The fraction of sp³-hybridized carbons (Fsp3) is 0.311. The van der Waals surface area contributed by atoms with Gasteiger partial charge in [0.25, 0.3) is 11.8 Å². The van der Waals surface area contributed by atoms with Crippen LogP contribution in [0.1, 0.15) is 74.0 Å². The van der Waals surface area contributed by atoms with Crippen molar-refractivity contribution in [2.75, 3.05) is 57.5 Å². The number of aromatic hydroxyl groups is 1. The number of nitrogens with two attached hydrogens (primary N) is 2. The molecule has 0 saturated carbocycles. The van der Waals surface area contributed by atoms with Crippen molar-refractivity contribution in [3.8, 4) is 5.75 Å². The molecule has 314 valence electrons. The van der Waals surface area contributed by atoms with Gasteiger partial charge in [-0.05, 0) is 116 Å². The number of carbonyl (C=O) groups excluding carboxylic acids is 4. The highest BCUT2D eigenvalue weighted by Crippen LogP contribution is 2.32. The number of hydrogen-bond donors (Lipinski definition) is 5. The van der Waals surface area contributed by atoms with Crippen molar-refractivity contribution in [2.24, 2.45) is 26.7 Å². The summed E-state index contributed by atoms with van der Waals surface area (Å²) in [5.41, 5.74) is 16.7. The van der Waals surface area contributed by atoms with Gasteiger partial charge in [0.1, 0.15) is 17.3 Å². The van der Waals surface area contributed by atoms with Crippen LogP contribution in [0, 0.1) is 0 Å². The number of amides is 4. The number of rotatable bonds is 22. The second kappa shape index (κ2) is 23.1. The molecule has 4 amide bonds. The largest absolute Gasteiger partial charge is 0.506 e. The summed E-state index contributed by atoms with van der Waals surface area (Å²) in [5.74, 6) is -0.825. The Morgan fingerprint density at radius 1 is 0.833 bits per heavy atom. The number of phenols is 1. The number of benzene rings is 4. The molecule has 15 nitrogen and oxygen atoms in total. The normalized spacial score (nSPS) is 13.0. The molecule has 15 heteroatoms. The topological polar surface area (TPSA) is 223 Å². The highest BCUT2D eigenvalue weighted by atomic mass is 16.5. The highest BCUT2D eigenvalue weighted by molar-refractivity contribution is 6.13. The maximum atomic E-state index is 13.0. The van der Waals surface area contributed by atoms with E-state index in [0.29, 0.717) is 107 Å². The summed E-state index contributed by atoms with van der Waals surface area (Å²) in [5, 5.41) is 24.1. The third-order valence-electron chi connectivity index (χ3n) is 9.32. The smallest absolute Gasteiger partial charge is 0.278 e. The molecule has 1 heterocycles. The van der Waals surface area contributed by atoms with Crippen LogP contribution in [0.5, 0.6) is 5.75 Å². The molecule has 0 aliphatic carbocycles. The molecule has 5 rings (SSSR count). The second-order valence-electron chi connectivity index (χ2n) is 13.9. The maximum absolute atomic E-state index is 13.0. The van der Waals surface area contributed by atoms with Gasteiger partial charge in [-0.2, -0.15) is 10.1 Å². The number of primary amides is 1. The number of phenolic OH excluding ortho intramolecular Hbond substituents is 1. The lowest BCUT2D eigenvalue weighted by molar-refractivity contribution is -0.116. The minimum absolute atomic E-state index is 0.0263. The standard InChI is InChI=1S/C45H52N8O7/c1-2-22-53-39-28-31(8-11-34(39)30-41(53)50-45(58)36-7-3-6-35(29-36)43(47)56)10-17-42(55)48-20-4-23-59-25-26-60-24-5-21-49-44(57)33-12-14-37(15-13-33)51-52-38-27-32(18-19-46)9-16-40(38)54/h3,6-17,27-29,54H,2,4-5,18-26,30,46H2,1H3,(H2,47,56)(H,48,55)(H,49,57)/b17-10+,50-41?,52-51?. The number of aliphatic imine (C=N–C) groups is 1. The van der Waals surface area contributed by atoms with Crippen LogP contribution in [0.25, 0.3) is 6.08 Å². The Morgan fingerprint density at radius 3 is 2.28 bits per heavy atom. The summed E-state index contributed by atoms with van der Waals surface area (Å²) in [4.78, 5) is 56.0. The van der Waals surface area contributed by atoms with Gasteiger partial charge in [-0.3, -0.25) is 19.2 Å². The average Bonchev–Trinajstić information content (AvgIpc) is 3.59. The summed E-state index contributed by atoms with van der Waals surface area (Å²) >= 11 is 0. The van der Waals surface area contributed by atoms with E-state index in [2.05, 4.69) is 25.9 Å². The predicted octanol–water partition coefficient (Wildman–Crippen LogP) is 5.79. The fourth-order valence-corrected chi connectivity index (χ4v) is 6.23. The minimum Gasteiger partial charge on any atom is -0.506 e. The Kier molecular flexibility index (Phi) is 17.2. The molecule has 0 aromatic heterocycles. The van der Waals surface area contributed by atoms with Gasteiger partial charge >= 0.3 is 0 Å². The van der Waals surface area contributed by atoms with Crippen LogP contribution in [-0.4, -0.2) is 87.2 Å². The number of anilines is 1. The first kappa shape index (κ1) is 44.6. The average molecular weight is 817 g/mol. The maximum Gasteiger partial charge on any atom is 0.278 e. The Balaban J connectivity index is 0.922. The molecule has 0 saturated heterocycles. The summed E-state index contributed by atoms with van der Waals surface area (Å²) in [6.07, 6.45) is 6.52. The molecule has 0 fully saturated rings. The van der Waals surface area contributed by atoms with Crippen molar-refractivity contribution in [1.29, 1.82) is 0 Å². The van der Waals surface area contributed by atoms with Gasteiger partial charge in [-0.1, -0.05) is 31.2 Å². The minimum atomic E-state index is -0.609. The quantitative estimate of drug-likeness (QED) is 0.0367. The molecule has 60 heavy (non-hydrogen) atoms. The summed E-state index contributed by atoms with van der Waals surface area (Å²) in [6.45, 7) is 5.88. The molecular formula is C45H52N8O7. The number of ether oxygens (including phenoxy) is 2. The molecule has 0 spiro atoms. The predicted molar refractivity (Wildman–Crippen MR) is 231 cm³/mol. The van der Waals surface area contributed by atoms with E-state index >= 15 is 0 Å². The fourth-order valence-electron chi connectivity index (χ4n) is 6.23. The number of hydrogen-bond acceptors (Lipinski definition) is 10. The molecule has 0 atom stereocenters. The van der Waals surface area contributed by atoms with E-state index in [1.54, 1.807) is 66.7 Å². The number of amidine groups is 1. The van der Waals surface area contributed by atoms with Crippen molar-refractivity contribution < 1.29 is 33.8 Å². The molecule has 7 N–H and O–H groups in total. The number of carbonyl (C=O) groups is 4. The monoisotopic (exact) mass is 816 g/mol. The van der Waals surface area contributed by atoms with Gasteiger partial charge in [-0.25, -0.2) is 0 Å². The zero-order valence-corrected chi connectivity index (χ0v) is 33.8. The van der Waals surface area contributed by atoms with Gasteiger partial charge in [0.05, 0.1) is 18.9 Å². The van der Waals surface area contributed by atoms with E-state index in [-0.39, 0.29) is 23.1 Å². The molecule has 0 unspecified atom stereocenters. The lowest BCUT2D eigenvalue weighted by atomic mass is 10.1. The van der Waals surface area contributed by atoms with Crippen LogP contribution in [0.3, 0.4) is 0 Å². The highest BCUT2D eigenvalue weighted by Gasteiger charge is 2.26. The van der Waals surface area contributed by atoms with Crippen molar-refractivity contribution >= 4 is 52.6 Å². The first-order valence-electron chi connectivity index (χ1n) is 20.0. The number of nitrogens with one attached hydrogen (secondary N) is 2. The van der Waals surface area contributed by atoms with Gasteiger partial charge in [0.15, 0.2) is 0 Å². The van der Waals surface area contributed by atoms with Gasteiger partial charge in [0.2, 0.25) is 11.8 Å². The number of azo groups is 1. The molecule has 4 aromatic rings. The van der Waals surface area contributed by atoms with Crippen LogP contribution in [0.4, 0.5) is 17.1 Å². The van der Waals surface area contributed by atoms with Crippen molar-refractivity contribution in [1.82, 2.24) is 10.6 Å². The van der Waals surface area contributed by atoms with Crippen molar-refractivity contribution in [3.05, 3.63) is 124 Å². The van der Waals surface area contributed by atoms with Gasteiger partial charge in [-0.15, -0.1) is 5.11 Å². The third-order valence-corrected chi connectivity index (χ3v) is 9.32. The lowest BCUT2D eigenvalue weighted by Crippen LogP contribution is -2.28. The first-order valence-corrected chi connectivity index (χ1v) is 20.0. The van der Waals surface area contributed by atoms with Gasteiger partial charge in [0, 0.05) is 67.7 Å². The van der Waals surface area contributed by atoms with Crippen LogP contribution in [0.2, 0.25) is 0 Å². The van der Waals surface area contributed by atoms with Crippen LogP contribution < -0.4 is 27.0 Å². The number of nitrogens with zero attached hydrogens (tertiary/aromatic N) is 4. The zero-order valence-electron chi connectivity index (χ0n) is 33.8. The Bertz CT molecular complexity index is 2200. The Hall–Kier alpha value is -6.55. The summed E-state index contributed by atoms with van der Waals surface area (Å²) in [6, 6.07) is 23.9. The second-order valence-corrected chi connectivity index (χ2v) is 13.9. The Morgan fingerprint density at radius 2 is 1.57 bits per heavy atom. The van der Waals surface area contributed by atoms with E-state index in [4.69, 9.17) is 20.9 Å². The van der Waals surface area contributed by atoms with Crippen molar-refractivity contribution in [3.63, 3.8) is 0 Å². The molecule has 4 aromatic carbocycles. The van der Waals surface area contributed by atoms with Crippen LogP contribution >= 0.6 is 0 Å².